The molecule has 2 aliphatic rings. The van der Waals surface area contributed by atoms with E-state index in [2.05, 4.69) is 156 Å². The Bertz CT molecular complexity index is 2900. The van der Waals surface area contributed by atoms with Crippen LogP contribution in [-0.4, -0.2) is 29.1 Å². The van der Waals surface area contributed by atoms with E-state index in [0.29, 0.717) is 0 Å². The van der Waals surface area contributed by atoms with Crippen molar-refractivity contribution in [2.24, 2.45) is 0 Å². The Morgan fingerprint density at radius 2 is 0.704 bits per heavy atom. The van der Waals surface area contributed by atoms with Crippen LogP contribution in [0.5, 0.6) is 0 Å². The lowest BCUT2D eigenvalue weighted by Gasteiger charge is -2.44. The van der Waals surface area contributed by atoms with Gasteiger partial charge >= 0.3 is 0 Å². The summed E-state index contributed by atoms with van der Waals surface area (Å²) in [4.78, 5) is 20.6. The Morgan fingerprint density at radius 3 is 1.07 bits per heavy atom. The van der Waals surface area contributed by atoms with Gasteiger partial charge in [0.1, 0.15) is 0 Å². The summed E-state index contributed by atoms with van der Waals surface area (Å²) in [5.41, 5.74) is 13.8. The predicted octanol–water partition coefficient (Wildman–Crippen LogP) is 10.7. The number of hydrogen-bond acceptors (Lipinski definition) is 4. The van der Waals surface area contributed by atoms with E-state index in [9.17, 15) is 0 Å². The van der Waals surface area contributed by atoms with Crippen LogP contribution in [0.15, 0.2) is 158 Å². The highest BCUT2D eigenvalue weighted by Crippen LogP contribution is 2.64. The molecule has 54 heavy (non-hydrogen) atoms. The summed E-state index contributed by atoms with van der Waals surface area (Å²) < 4.78 is 4.72. The molecule has 6 nitrogen and oxygen atoms in total. The summed E-state index contributed by atoms with van der Waals surface area (Å²) in [6.07, 6.45) is 7.81. The zero-order chi connectivity index (χ0) is 35.8. The number of benzene rings is 4. The first kappa shape index (κ1) is 29.6. The Kier molecular flexibility index (Phi) is 5.68. The van der Waals surface area contributed by atoms with E-state index in [-0.39, 0.29) is 0 Å². The van der Waals surface area contributed by atoms with Gasteiger partial charge in [0.25, 0.3) is 0 Å². The van der Waals surface area contributed by atoms with Crippen LogP contribution >= 0.6 is 0 Å². The average molecular weight is 693 g/mol. The number of aromatic nitrogens is 6. The van der Waals surface area contributed by atoms with E-state index in [1.165, 1.54) is 21.5 Å². The lowest BCUT2D eigenvalue weighted by atomic mass is 9.57. The maximum Gasteiger partial charge on any atom is 0.0932 e. The van der Waals surface area contributed by atoms with Gasteiger partial charge in [-0.25, -0.2) is 0 Å². The summed E-state index contributed by atoms with van der Waals surface area (Å²) in [6.45, 7) is 4.77. The minimum atomic E-state index is -0.599. The summed E-state index contributed by atoms with van der Waals surface area (Å²) in [7, 11) is 0. The minimum Gasteiger partial charge on any atom is -0.308 e. The molecule has 0 amide bonds. The van der Waals surface area contributed by atoms with Crippen LogP contribution in [0.25, 0.3) is 77.8 Å². The molecule has 12 rings (SSSR count). The highest BCUT2D eigenvalue weighted by Gasteiger charge is 2.59. The Balaban J connectivity index is 1.15. The van der Waals surface area contributed by atoms with Crippen LogP contribution in [0.1, 0.15) is 36.1 Å². The molecule has 0 fully saturated rings. The topological polar surface area (TPSA) is 61.4 Å². The molecule has 0 bridgehead atoms. The molecule has 2 atom stereocenters. The molecule has 10 aromatic rings. The molecule has 0 saturated heterocycles. The first-order valence-corrected chi connectivity index (χ1v) is 18.5. The molecular weight excluding hydrogens is 661 g/mol. The second kappa shape index (κ2) is 10.4. The zero-order valence-electron chi connectivity index (χ0n) is 29.7. The minimum absolute atomic E-state index is 0.599. The van der Waals surface area contributed by atoms with Crippen LogP contribution in [-0.2, 0) is 10.8 Å². The van der Waals surface area contributed by atoms with Gasteiger partial charge in [-0.1, -0.05) is 98.8 Å². The van der Waals surface area contributed by atoms with Crippen LogP contribution in [0, 0.1) is 0 Å². The maximum atomic E-state index is 5.29. The number of para-hydroxylation sites is 4. The molecule has 0 spiro atoms. The SMILES string of the molecule is CC1(C2(C)c3cccnc3-c3ncc(-n4c5ccccc5c5ccccc54)cc32)c2cccnc2-c2ncc(-n3c4ccccc4c4ccccc43)cc21. The van der Waals surface area contributed by atoms with Gasteiger partial charge in [-0.3, -0.25) is 19.9 Å². The molecule has 6 heteroatoms. The van der Waals surface area contributed by atoms with Crippen molar-refractivity contribution in [2.45, 2.75) is 24.7 Å². The number of hydrogen-bond donors (Lipinski definition) is 0. The molecule has 0 aliphatic heterocycles. The number of fused-ring (bicyclic) bond motifs is 12. The normalized spacial score (nSPS) is 18.3. The van der Waals surface area contributed by atoms with Gasteiger partial charge in [0.15, 0.2) is 0 Å². The molecule has 0 N–H and O–H groups in total. The summed E-state index contributed by atoms with van der Waals surface area (Å²) in [6, 6.07) is 47.9. The first-order valence-electron chi connectivity index (χ1n) is 18.5. The van der Waals surface area contributed by atoms with Gasteiger partial charge < -0.3 is 9.13 Å². The Labute approximate surface area is 311 Å². The largest absolute Gasteiger partial charge is 0.308 e. The van der Waals surface area contributed by atoms with E-state index in [1.807, 2.05) is 24.8 Å². The highest BCUT2D eigenvalue weighted by atomic mass is 15.0. The van der Waals surface area contributed by atoms with Crippen molar-refractivity contribution in [3.63, 3.8) is 0 Å². The predicted molar refractivity (Wildman–Crippen MR) is 217 cm³/mol. The fourth-order valence-electron chi connectivity index (χ4n) is 10.1. The molecule has 4 aromatic carbocycles. The van der Waals surface area contributed by atoms with Crippen molar-refractivity contribution in [3.05, 3.63) is 181 Å². The monoisotopic (exact) mass is 692 g/mol. The number of pyridine rings is 4. The Morgan fingerprint density at radius 1 is 0.370 bits per heavy atom. The first-order chi connectivity index (χ1) is 26.6. The lowest BCUT2D eigenvalue weighted by molar-refractivity contribution is 0.374. The van der Waals surface area contributed by atoms with Gasteiger partial charge in [0, 0.05) is 44.8 Å². The van der Waals surface area contributed by atoms with E-state index in [4.69, 9.17) is 19.9 Å². The quantitative estimate of drug-likeness (QED) is 0.185. The van der Waals surface area contributed by atoms with Crippen LogP contribution < -0.4 is 0 Å². The lowest BCUT2D eigenvalue weighted by Crippen LogP contribution is -2.44. The van der Waals surface area contributed by atoms with Crippen molar-refractivity contribution >= 4 is 43.6 Å². The number of rotatable bonds is 3. The third kappa shape index (κ3) is 3.51. The van der Waals surface area contributed by atoms with Gasteiger partial charge in [0.05, 0.1) is 68.6 Å². The van der Waals surface area contributed by atoms with Gasteiger partial charge in [-0.15, -0.1) is 0 Å². The molecule has 6 aromatic heterocycles. The fraction of sp³-hybridized carbons (Fsp3) is 0.0833. The van der Waals surface area contributed by atoms with Gasteiger partial charge in [-0.2, -0.15) is 0 Å². The molecule has 0 saturated carbocycles. The molecular formula is C48H32N6. The summed E-state index contributed by atoms with van der Waals surface area (Å²) in [5.74, 6) is 0. The zero-order valence-corrected chi connectivity index (χ0v) is 29.7. The van der Waals surface area contributed by atoms with Crippen LogP contribution in [0.2, 0.25) is 0 Å². The fourth-order valence-corrected chi connectivity index (χ4v) is 10.1. The van der Waals surface area contributed by atoms with E-state index in [1.54, 1.807) is 0 Å². The molecule has 254 valence electrons. The average Bonchev–Trinajstić information content (AvgIpc) is 3.91. The van der Waals surface area contributed by atoms with Crippen molar-refractivity contribution < 1.29 is 0 Å². The van der Waals surface area contributed by atoms with Crippen molar-refractivity contribution in [1.82, 2.24) is 29.1 Å². The second-order valence-electron chi connectivity index (χ2n) is 15.0. The highest BCUT2D eigenvalue weighted by molar-refractivity contribution is 6.10. The molecule has 2 unspecified atom stereocenters. The van der Waals surface area contributed by atoms with Crippen molar-refractivity contribution in [1.29, 1.82) is 0 Å². The summed E-state index contributed by atoms with van der Waals surface area (Å²) >= 11 is 0. The van der Waals surface area contributed by atoms with Crippen molar-refractivity contribution in [3.8, 4) is 34.2 Å². The van der Waals surface area contributed by atoms with Crippen molar-refractivity contribution in [2.75, 3.05) is 0 Å². The van der Waals surface area contributed by atoms with E-state index >= 15 is 0 Å². The number of nitrogens with zero attached hydrogens (tertiary/aromatic N) is 6. The maximum absolute atomic E-state index is 5.29. The van der Waals surface area contributed by atoms with E-state index < -0.39 is 10.8 Å². The van der Waals surface area contributed by atoms with E-state index in [0.717, 1.165) is 78.5 Å². The van der Waals surface area contributed by atoms with Gasteiger partial charge in [0.2, 0.25) is 0 Å². The van der Waals surface area contributed by atoms with Crippen LogP contribution in [0.4, 0.5) is 0 Å². The van der Waals surface area contributed by atoms with Crippen LogP contribution in [0.3, 0.4) is 0 Å². The molecule has 2 aliphatic carbocycles. The second-order valence-corrected chi connectivity index (χ2v) is 15.0. The smallest absolute Gasteiger partial charge is 0.0932 e. The third-order valence-corrected chi connectivity index (χ3v) is 12.6. The molecule has 0 radical (unpaired) electrons. The molecule has 6 heterocycles. The third-order valence-electron chi connectivity index (χ3n) is 12.6. The summed E-state index contributed by atoms with van der Waals surface area (Å²) in [5, 5.41) is 4.90. The van der Waals surface area contributed by atoms with Gasteiger partial charge in [-0.05, 0) is 70.8 Å². The Hall–Kier alpha value is -6.92. The standard InChI is InChI=1S/C48H32N6/c1-47(35-17-11-23-49-43(35)45-37(47)25-29(27-51-45)53-39-19-7-3-13-31(39)32-14-4-8-20-40(32)53)48(2)36-18-12-24-50-44(36)46-38(48)26-30(28-52-46)54-41-21-9-5-15-33(41)34-16-6-10-22-42(34)54/h3-28H,1-2H3.